The normalized spacial score (nSPS) is 10.4. The number of nitrogens with one attached hydrogen (secondary N) is 1. The van der Waals surface area contributed by atoms with Crippen LogP contribution in [0.3, 0.4) is 0 Å². The molecule has 0 aromatic rings. The van der Waals surface area contributed by atoms with E-state index in [0.29, 0.717) is 0 Å². The van der Waals surface area contributed by atoms with Gasteiger partial charge in [0, 0.05) is 0 Å². The molecule has 0 aliphatic heterocycles. The quantitative estimate of drug-likeness (QED) is 0.410. The fourth-order valence-electron chi connectivity index (χ4n) is 0.320. The van der Waals surface area contributed by atoms with Crippen LogP contribution >= 0.6 is 0 Å². The van der Waals surface area contributed by atoms with E-state index >= 15 is 0 Å². The number of hydrogen-bond donors (Lipinski definition) is 2. The molecule has 0 radical (unpaired) electrons. The average molecular weight is 112 g/mol. The van der Waals surface area contributed by atoms with E-state index in [1.807, 2.05) is 6.92 Å². The summed E-state index contributed by atoms with van der Waals surface area (Å²) in [5, 5.41) is 16.2. The second-order valence-electron chi connectivity index (χ2n) is 1.25. The monoisotopic (exact) mass is 112 g/mol. The Labute approximate surface area is 48.2 Å². The standard InChI is InChI=1S/C5H8N2O/c1-2-3-5(4-6)7-8/h3,7-8H,2H2,1H3/b5-3-. The maximum Gasteiger partial charge on any atom is 0.133 e. The van der Waals surface area contributed by atoms with Crippen molar-refractivity contribution in [3.05, 3.63) is 11.8 Å². The lowest BCUT2D eigenvalue weighted by molar-refractivity contribution is 0.205. The third-order valence-electron chi connectivity index (χ3n) is 0.649. The van der Waals surface area contributed by atoms with E-state index in [4.69, 9.17) is 10.5 Å². The van der Waals surface area contributed by atoms with E-state index in [-0.39, 0.29) is 5.70 Å². The second kappa shape index (κ2) is 4.16. The van der Waals surface area contributed by atoms with E-state index in [0.717, 1.165) is 6.42 Å². The van der Waals surface area contributed by atoms with Crippen molar-refractivity contribution in [1.29, 1.82) is 5.26 Å². The van der Waals surface area contributed by atoms with E-state index in [2.05, 4.69) is 0 Å². The van der Waals surface area contributed by atoms with Gasteiger partial charge < -0.3 is 0 Å². The van der Waals surface area contributed by atoms with Crippen LogP contribution in [-0.2, 0) is 0 Å². The van der Waals surface area contributed by atoms with E-state index < -0.39 is 0 Å². The summed E-state index contributed by atoms with van der Waals surface area (Å²) < 4.78 is 0. The van der Waals surface area contributed by atoms with Gasteiger partial charge in [-0.2, -0.15) is 5.26 Å². The molecule has 44 valence electrons. The lowest BCUT2D eigenvalue weighted by atomic mass is 10.4. The first kappa shape index (κ1) is 6.99. The van der Waals surface area contributed by atoms with Crippen LogP contribution in [0.25, 0.3) is 0 Å². The van der Waals surface area contributed by atoms with Gasteiger partial charge >= 0.3 is 0 Å². The Kier molecular flexibility index (Phi) is 3.63. The Balaban J connectivity index is 3.72. The molecule has 3 heteroatoms. The number of nitriles is 1. The number of allylic oxidation sites excluding steroid dienone is 2. The van der Waals surface area contributed by atoms with Gasteiger partial charge in [0.2, 0.25) is 0 Å². The molecule has 3 nitrogen and oxygen atoms in total. The molecular formula is C5H8N2O. The van der Waals surface area contributed by atoms with Crippen molar-refractivity contribution in [2.45, 2.75) is 13.3 Å². The third kappa shape index (κ3) is 2.21. The van der Waals surface area contributed by atoms with Gasteiger partial charge in [-0.1, -0.05) is 6.92 Å². The molecule has 0 bridgehead atoms. The lowest BCUT2D eigenvalue weighted by Crippen LogP contribution is -2.03. The summed E-state index contributed by atoms with van der Waals surface area (Å²) in [5.41, 5.74) is 1.95. The molecular weight excluding hydrogens is 104 g/mol. The number of rotatable bonds is 2. The smallest absolute Gasteiger partial charge is 0.133 e. The van der Waals surface area contributed by atoms with Gasteiger partial charge in [0.1, 0.15) is 11.8 Å². The Morgan fingerprint density at radius 2 is 2.62 bits per heavy atom. The summed E-state index contributed by atoms with van der Waals surface area (Å²) in [5.74, 6) is 0. The minimum Gasteiger partial charge on any atom is -0.290 e. The van der Waals surface area contributed by atoms with Crippen LogP contribution in [0.5, 0.6) is 0 Å². The lowest BCUT2D eigenvalue weighted by Gasteiger charge is -1.89. The average Bonchev–Trinajstić information content (AvgIpc) is 1.83. The molecule has 0 aromatic carbocycles. The topological polar surface area (TPSA) is 56.0 Å². The van der Waals surface area contributed by atoms with Crippen LogP contribution in [0.2, 0.25) is 0 Å². The predicted molar refractivity (Wildman–Crippen MR) is 28.9 cm³/mol. The van der Waals surface area contributed by atoms with Crippen LogP contribution in [0, 0.1) is 11.3 Å². The van der Waals surface area contributed by atoms with Crippen molar-refractivity contribution in [3.63, 3.8) is 0 Å². The Bertz CT molecular complexity index is 123. The molecule has 2 N–H and O–H groups in total. The van der Waals surface area contributed by atoms with Crippen molar-refractivity contribution in [1.82, 2.24) is 5.48 Å². The molecule has 0 spiro atoms. The van der Waals surface area contributed by atoms with E-state index in [9.17, 15) is 0 Å². The molecule has 0 aliphatic carbocycles. The van der Waals surface area contributed by atoms with Crippen molar-refractivity contribution in [2.75, 3.05) is 0 Å². The van der Waals surface area contributed by atoms with Gasteiger partial charge in [0.05, 0.1) is 0 Å². The maximum atomic E-state index is 8.12. The summed E-state index contributed by atoms with van der Waals surface area (Å²) in [6, 6.07) is 1.75. The second-order valence-corrected chi connectivity index (χ2v) is 1.25. The molecule has 0 unspecified atom stereocenters. The van der Waals surface area contributed by atoms with Crippen LogP contribution in [0.4, 0.5) is 0 Å². The van der Waals surface area contributed by atoms with Gasteiger partial charge in [-0.05, 0) is 12.5 Å². The zero-order valence-electron chi connectivity index (χ0n) is 4.68. The highest BCUT2D eigenvalue weighted by atomic mass is 16.5. The van der Waals surface area contributed by atoms with Gasteiger partial charge in [0.15, 0.2) is 0 Å². The summed E-state index contributed by atoms with van der Waals surface area (Å²) in [6.07, 6.45) is 2.34. The number of hydrogen-bond acceptors (Lipinski definition) is 3. The zero-order valence-corrected chi connectivity index (χ0v) is 4.68. The first-order valence-electron chi connectivity index (χ1n) is 2.35. The Hall–Kier alpha value is -1.01. The van der Waals surface area contributed by atoms with Crippen LogP contribution in [0.15, 0.2) is 11.8 Å². The predicted octanol–water partition coefficient (Wildman–Crippen LogP) is 0.783. The van der Waals surface area contributed by atoms with Gasteiger partial charge in [-0.15, -0.1) is 0 Å². The molecule has 0 atom stereocenters. The molecule has 8 heavy (non-hydrogen) atoms. The fourth-order valence-corrected chi connectivity index (χ4v) is 0.320. The largest absolute Gasteiger partial charge is 0.290 e. The van der Waals surface area contributed by atoms with Crippen LogP contribution < -0.4 is 5.48 Å². The molecule has 0 fully saturated rings. The van der Waals surface area contributed by atoms with Crippen LogP contribution in [-0.4, -0.2) is 5.21 Å². The van der Waals surface area contributed by atoms with Crippen molar-refractivity contribution in [2.24, 2.45) is 0 Å². The minimum absolute atomic E-state index is 0.201. The van der Waals surface area contributed by atoms with Crippen molar-refractivity contribution in [3.8, 4) is 6.07 Å². The summed E-state index contributed by atoms with van der Waals surface area (Å²) >= 11 is 0. The molecule has 0 aromatic heterocycles. The first-order valence-corrected chi connectivity index (χ1v) is 2.35. The summed E-state index contributed by atoms with van der Waals surface area (Å²) in [6.45, 7) is 1.88. The van der Waals surface area contributed by atoms with Gasteiger partial charge in [-0.25, -0.2) is 0 Å². The summed E-state index contributed by atoms with van der Waals surface area (Å²) in [7, 11) is 0. The molecule has 0 saturated heterocycles. The van der Waals surface area contributed by atoms with E-state index in [1.165, 1.54) is 0 Å². The molecule has 0 aliphatic rings. The highest BCUT2D eigenvalue weighted by Crippen LogP contribution is 1.86. The Morgan fingerprint density at radius 3 is 2.75 bits per heavy atom. The first-order chi connectivity index (χ1) is 3.85. The van der Waals surface area contributed by atoms with Gasteiger partial charge in [0.25, 0.3) is 0 Å². The van der Waals surface area contributed by atoms with Gasteiger partial charge in [-0.3, -0.25) is 10.7 Å². The fraction of sp³-hybridized carbons (Fsp3) is 0.400. The van der Waals surface area contributed by atoms with E-state index in [1.54, 1.807) is 17.6 Å². The molecule has 0 rings (SSSR count). The summed E-state index contributed by atoms with van der Waals surface area (Å²) in [4.78, 5) is 0. The van der Waals surface area contributed by atoms with Crippen molar-refractivity contribution >= 4 is 0 Å². The van der Waals surface area contributed by atoms with Crippen molar-refractivity contribution < 1.29 is 5.21 Å². The zero-order chi connectivity index (χ0) is 6.41. The minimum atomic E-state index is 0.201. The number of nitrogens with zero attached hydrogens (tertiary/aromatic N) is 1. The molecule has 0 amide bonds. The molecule has 0 saturated carbocycles. The highest BCUT2D eigenvalue weighted by molar-refractivity contribution is 5.15. The third-order valence-corrected chi connectivity index (χ3v) is 0.649. The number of hydroxylamine groups is 1. The highest BCUT2D eigenvalue weighted by Gasteiger charge is 1.84. The van der Waals surface area contributed by atoms with Crippen LogP contribution in [0.1, 0.15) is 13.3 Å². The molecule has 0 heterocycles. The maximum absolute atomic E-state index is 8.12. The Morgan fingerprint density at radius 1 is 2.00 bits per heavy atom. The SMILES string of the molecule is CC/C=C(/C#N)NO.